The van der Waals surface area contributed by atoms with Crippen LogP contribution in [-0.2, 0) is 11.2 Å². The van der Waals surface area contributed by atoms with E-state index in [2.05, 4.69) is 11.4 Å². The van der Waals surface area contributed by atoms with Crippen molar-refractivity contribution in [1.29, 1.82) is 0 Å². The standard InChI is InChI=1S/C18H21NO2/c1-13-8-10-16(14(2)12-13)19-18(20)11-9-15-6-4-5-7-17(15)21-3/h4-8,10,12H,9,11H2,1-3H3,(H,19,20). The molecule has 0 aliphatic heterocycles. The summed E-state index contributed by atoms with van der Waals surface area (Å²) in [4.78, 5) is 12.1. The largest absolute Gasteiger partial charge is 0.496 e. The molecule has 0 aromatic heterocycles. The van der Waals surface area contributed by atoms with Crippen LogP contribution in [0.4, 0.5) is 5.69 Å². The van der Waals surface area contributed by atoms with Gasteiger partial charge in [0.15, 0.2) is 0 Å². The van der Waals surface area contributed by atoms with Crippen molar-refractivity contribution in [3.8, 4) is 5.75 Å². The summed E-state index contributed by atoms with van der Waals surface area (Å²) in [5, 5.41) is 2.97. The maximum absolute atomic E-state index is 12.1. The molecular weight excluding hydrogens is 262 g/mol. The molecule has 0 saturated carbocycles. The zero-order valence-electron chi connectivity index (χ0n) is 12.8. The molecule has 2 aromatic rings. The third kappa shape index (κ3) is 4.09. The van der Waals surface area contributed by atoms with Crippen LogP contribution in [0, 0.1) is 13.8 Å². The van der Waals surface area contributed by atoms with Crippen LogP contribution < -0.4 is 10.1 Å². The van der Waals surface area contributed by atoms with E-state index in [4.69, 9.17) is 4.74 Å². The lowest BCUT2D eigenvalue weighted by Gasteiger charge is -2.10. The Kier molecular flexibility index (Phi) is 4.99. The van der Waals surface area contributed by atoms with E-state index < -0.39 is 0 Å². The zero-order valence-corrected chi connectivity index (χ0v) is 12.8. The first kappa shape index (κ1) is 15.1. The van der Waals surface area contributed by atoms with Crippen LogP contribution in [0.2, 0.25) is 0 Å². The van der Waals surface area contributed by atoms with Crippen LogP contribution in [0.5, 0.6) is 5.75 Å². The van der Waals surface area contributed by atoms with Gasteiger partial charge in [-0.15, -0.1) is 0 Å². The maximum Gasteiger partial charge on any atom is 0.224 e. The fourth-order valence-corrected chi connectivity index (χ4v) is 2.32. The molecule has 3 heteroatoms. The van der Waals surface area contributed by atoms with Gasteiger partial charge in [0.1, 0.15) is 5.75 Å². The first-order valence-corrected chi connectivity index (χ1v) is 7.09. The van der Waals surface area contributed by atoms with Crippen molar-refractivity contribution in [2.75, 3.05) is 12.4 Å². The Labute approximate surface area is 126 Å². The summed E-state index contributed by atoms with van der Waals surface area (Å²) < 4.78 is 5.30. The topological polar surface area (TPSA) is 38.3 Å². The molecule has 1 N–H and O–H groups in total. The lowest BCUT2D eigenvalue weighted by atomic mass is 10.1. The van der Waals surface area contributed by atoms with Gasteiger partial charge in [0, 0.05) is 12.1 Å². The summed E-state index contributed by atoms with van der Waals surface area (Å²) in [5.74, 6) is 0.852. The summed E-state index contributed by atoms with van der Waals surface area (Å²) in [6, 6.07) is 13.8. The molecule has 3 nitrogen and oxygen atoms in total. The predicted octanol–water partition coefficient (Wildman–Crippen LogP) is 3.88. The molecule has 0 saturated heterocycles. The van der Waals surface area contributed by atoms with Crippen molar-refractivity contribution >= 4 is 11.6 Å². The van der Waals surface area contributed by atoms with Crippen LogP contribution in [-0.4, -0.2) is 13.0 Å². The van der Waals surface area contributed by atoms with Crippen LogP contribution in [0.15, 0.2) is 42.5 Å². The summed E-state index contributed by atoms with van der Waals surface area (Å²) in [6.45, 7) is 4.04. The van der Waals surface area contributed by atoms with Gasteiger partial charge in [0.2, 0.25) is 5.91 Å². The molecule has 0 spiro atoms. The second-order valence-electron chi connectivity index (χ2n) is 5.18. The second-order valence-corrected chi connectivity index (χ2v) is 5.18. The minimum atomic E-state index is 0.0212. The van der Waals surface area contributed by atoms with Crippen molar-refractivity contribution in [1.82, 2.24) is 0 Å². The van der Waals surface area contributed by atoms with E-state index in [0.29, 0.717) is 12.8 Å². The number of hydrogen-bond acceptors (Lipinski definition) is 2. The minimum absolute atomic E-state index is 0.0212. The van der Waals surface area contributed by atoms with Crippen LogP contribution in [0.1, 0.15) is 23.1 Å². The van der Waals surface area contributed by atoms with Gasteiger partial charge in [-0.1, -0.05) is 35.9 Å². The molecule has 0 heterocycles. The van der Waals surface area contributed by atoms with Crippen molar-refractivity contribution in [3.63, 3.8) is 0 Å². The SMILES string of the molecule is COc1ccccc1CCC(=O)Nc1ccc(C)cc1C. The number of ether oxygens (including phenoxy) is 1. The molecular formula is C18H21NO2. The van der Waals surface area contributed by atoms with Gasteiger partial charge < -0.3 is 10.1 Å². The normalized spacial score (nSPS) is 10.2. The lowest BCUT2D eigenvalue weighted by molar-refractivity contribution is -0.116. The van der Waals surface area contributed by atoms with E-state index in [-0.39, 0.29) is 5.91 Å². The number of aryl methyl sites for hydroxylation is 3. The number of para-hydroxylation sites is 1. The Morgan fingerprint density at radius 3 is 2.62 bits per heavy atom. The van der Waals surface area contributed by atoms with E-state index in [1.807, 2.05) is 50.2 Å². The fraction of sp³-hybridized carbons (Fsp3) is 0.278. The maximum atomic E-state index is 12.1. The van der Waals surface area contributed by atoms with Gasteiger partial charge in [0.05, 0.1) is 7.11 Å². The van der Waals surface area contributed by atoms with Gasteiger partial charge >= 0.3 is 0 Å². The predicted molar refractivity (Wildman–Crippen MR) is 85.9 cm³/mol. The van der Waals surface area contributed by atoms with Gasteiger partial charge in [0.25, 0.3) is 0 Å². The molecule has 0 unspecified atom stereocenters. The quantitative estimate of drug-likeness (QED) is 0.904. The number of anilines is 1. The second kappa shape index (κ2) is 6.93. The highest BCUT2D eigenvalue weighted by atomic mass is 16.5. The number of benzene rings is 2. The first-order chi connectivity index (χ1) is 10.1. The molecule has 0 fully saturated rings. The van der Waals surface area contributed by atoms with E-state index in [1.54, 1.807) is 7.11 Å². The monoisotopic (exact) mass is 283 g/mol. The third-order valence-corrected chi connectivity index (χ3v) is 3.47. The van der Waals surface area contributed by atoms with E-state index in [1.165, 1.54) is 5.56 Å². The van der Waals surface area contributed by atoms with Crippen LogP contribution in [0.3, 0.4) is 0 Å². The van der Waals surface area contributed by atoms with Gasteiger partial charge in [-0.3, -0.25) is 4.79 Å². The minimum Gasteiger partial charge on any atom is -0.496 e. The Bertz CT molecular complexity index is 635. The molecule has 0 radical (unpaired) electrons. The Hall–Kier alpha value is -2.29. The molecule has 0 aliphatic rings. The molecule has 0 atom stereocenters. The van der Waals surface area contributed by atoms with Crippen molar-refractivity contribution < 1.29 is 9.53 Å². The molecule has 0 bridgehead atoms. The Balaban J connectivity index is 1.96. The number of amides is 1. The average Bonchev–Trinajstić information content (AvgIpc) is 2.48. The van der Waals surface area contributed by atoms with Crippen LogP contribution in [0.25, 0.3) is 0 Å². The van der Waals surface area contributed by atoms with Crippen molar-refractivity contribution in [2.24, 2.45) is 0 Å². The fourth-order valence-electron chi connectivity index (χ4n) is 2.32. The average molecular weight is 283 g/mol. The van der Waals surface area contributed by atoms with Crippen molar-refractivity contribution in [2.45, 2.75) is 26.7 Å². The van der Waals surface area contributed by atoms with E-state index in [0.717, 1.165) is 22.6 Å². The number of hydrogen-bond donors (Lipinski definition) is 1. The van der Waals surface area contributed by atoms with Crippen LogP contribution >= 0.6 is 0 Å². The summed E-state index contributed by atoms with van der Waals surface area (Å²) in [5.41, 5.74) is 4.21. The zero-order chi connectivity index (χ0) is 15.2. The molecule has 2 rings (SSSR count). The summed E-state index contributed by atoms with van der Waals surface area (Å²) >= 11 is 0. The van der Waals surface area contributed by atoms with Gasteiger partial charge in [-0.05, 0) is 43.5 Å². The number of carbonyl (C=O) groups excluding carboxylic acids is 1. The molecule has 110 valence electrons. The lowest BCUT2D eigenvalue weighted by Crippen LogP contribution is -2.13. The highest BCUT2D eigenvalue weighted by molar-refractivity contribution is 5.91. The highest BCUT2D eigenvalue weighted by Crippen LogP contribution is 2.20. The van der Waals surface area contributed by atoms with E-state index in [9.17, 15) is 4.79 Å². The first-order valence-electron chi connectivity index (χ1n) is 7.09. The number of carbonyl (C=O) groups is 1. The number of rotatable bonds is 5. The molecule has 2 aromatic carbocycles. The van der Waals surface area contributed by atoms with Gasteiger partial charge in [-0.2, -0.15) is 0 Å². The number of methoxy groups -OCH3 is 1. The molecule has 1 amide bonds. The molecule has 0 aliphatic carbocycles. The summed E-state index contributed by atoms with van der Waals surface area (Å²) in [6.07, 6.45) is 1.11. The third-order valence-electron chi connectivity index (χ3n) is 3.47. The Morgan fingerprint density at radius 2 is 1.90 bits per heavy atom. The summed E-state index contributed by atoms with van der Waals surface area (Å²) in [7, 11) is 1.65. The smallest absolute Gasteiger partial charge is 0.224 e. The van der Waals surface area contributed by atoms with Crippen molar-refractivity contribution in [3.05, 3.63) is 59.2 Å². The van der Waals surface area contributed by atoms with Gasteiger partial charge in [-0.25, -0.2) is 0 Å². The van der Waals surface area contributed by atoms with E-state index >= 15 is 0 Å². The highest BCUT2D eigenvalue weighted by Gasteiger charge is 2.07. The number of nitrogens with one attached hydrogen (secondary N) is 1. The Morgan fingerprint density at radius 1 is 1.14 bits per heavy atom. The molecule has 21 heavy (non-hydrogen) atoms.